The van der Waals surface area contributed by atoms with E-state index >= 15 is 0 Å². The Balaban J connectivity index is 2.30. The van der Waals surface area contributed by atoms with Crippen LogP contribution < -0.4 is 19.0 Å². The Bertz CT molecular complexity index is 953. The summed E-state index contributed by atoms with van der Waals surface area (Å²) in [5.74, 6) is -0.301. The van der Waals surface area contributed by atoms with Gasteiger partial charge in [-0.15, -0.1) is 0 Å². The van der Waals surface area contributed by atoms with E-state index < -0.39 is 16.6 Å². The molecule has 0 radical (unpaired) electrons. The zero-order valence-electron chi connectivity index (χ0n) is 15.7. The topological polar surface area (TPSA) is 86.2 Å². The minimum atomic E-state index is -3.87. The van der Waals surface area contributed by atoms with E-state index in [2.05, 4.69) is 14.7 Å². The molecule has 0 saturated heterocycles. The summed E-state index contributed by atoms with van der Waals surface area (Å²) in [6, 6.07) is 7.76. The smallest absolute Gasteiger partial charge is 0.387 e. The van der Waals surface area contributed by atoms with Gasteiger partial charge in [-0.25, -0.2) is 4.83 Å². The van der Waals surface area contributed by atoms with E-state index in [0.29, 0.717) is 11.1 Å². The van der Waals surface area contributed by atoms with E-state index in [4.69, 9.17) is 9.47 Å². The summed E-state index contributed by atoms with van der Waals surface area (Å²) in [4.78, 5) is 2.23. The molecule has 1 N–H and O–H groups in total. The Morgan fingerprint density at radius 2 is 1.68 bits per heavy atom. The number of nitrogens with zero attached hydrogens (tertiary/aromatic N) is 1. The van der Waals surface area contributed by atoms with Gasteiger partial charge in [-0.2, -0.15) is 22.3 Å². The molecule has 2 aromatic carbocycles. The van der Waals surface area contributed by atoms with Gasteiger partial charge in [-0.1, -0.05) is 12.1 Å². The first-order valence-corrected chi connectivity index (χ1v) is 9.49. The number of alkyl halides is 2. The van der Waals surface area contributed by atoms with Crippen molar-refractivity contribution in [3.05, 3.63) is 47.0 Å². The summed E-state index contributed by atoms with van der Waals surface area (Å²) in [5, 5.41) is 3.74. The van der Waals surface area contributed by atoms with Gasteiger partial charge in [0.2, 0.25) is 5.75 Å². The van der Waals surface area contributed by atoms with Gasteiger partial charge in [-0.3, -0.25) is 0 Å². The normalized spacial score (nSPS) is 11.7. The highest BCUT2D eigenvalue weighted by atomic mass is 32.2. The summed E-state index contributed by atoms with van der Waals surface area (Å²) < 4.78 is 64.5. The summed E-state index contributed by atoms with van der Waals surface area (Å²) in [6.45, 7) is 0.394. The first-order chi connectivity index (χ1) is 13.2. The van der Waals surface area contributed by atoms with Gasteiger partial charge in [-0.05, 0) is 43.2 Å². The minimum Gasteiger partial charge on any atom is -0.493 e. The van der Waals surface area contributed by atoms with Crippen LogP contribution in [-0.4, -0.2) is 35.5 Å². The number of halogens is 2. The summed E-state index contributed by atoms with van der Waals surface area (Å²) >= 11 is 0. The molecule has 7 nitrogen and oxygen atoms in total. The lowest BCUT2D eigenvalue weighted by Crippen LogP contribution is -2.19. The molecule has 2 aromatic rings. The molecule has 28 heavy (non-hydrogen) atoms. The number of ether oxygens (including phenoxy) is 3. The molecule has 2 rings (SSSR count). The summed E-state index contributed by atoms with van der Waals surface area (Å²) in [5.41, 5.74) is 1.71. The molecule has 0 bridgehead atoms. The molecular weight excluding hydrogens is 394 g/mol. The van der Waals surface area contributed by atoms with E-state index in [-0.39, 0.29) is 22.1 Å². The molecule has 0 fully saturated rings. The highest BCUT2D eigenvalue weighted by Gasteiger charge is 2.18. The van der Waals surface area contributed by atoms with E-state index in [9.17, 15) is 17.2 Å². The fraction of sp³-hybridized carbons (Fsp3) is 0.278. The molecule has 10 heteroatoms. The van der Waals surface area contributed by atoms with Crippen molar-refractivity contribution in [3.63, 3.8) is 0 Å². The van der Waals surface area contributed by atoms with Crippen molar-refractivity contribution >= 4 is 16.2 Å². The van der Waals surface area contributed by atoms with Gasteiger partial charge in [0.05, 0.1) is 25.3 Å². The molecule has 0 amide bonds. The third-order valence-electron chi connectivity index (χ3n) is 3.71. The van der Waals surface area contributed by atoms with Gasteiger partial charge < -0.3 is 14.2 Å². The van der Waals surface area contributed by atoms with Crippen LogP contribution in [0.4, 0.5) is 8.78 Å². The van der Waals surface area contributed by atoms with Crippen LogP contribution in [0.2, 0.25) is 0 Å². The Kier molecular flexibility index (Phi) is 6.79. The van der Waals surface area contributed by atoms with Crippen molar-refractivity contribution in [1.82, 2.24) is 4.83 Å². The van der Waals surface area contributed by atoms with Gasteiger partial charge in [0, 0.05) is 5.56 Å². The molecular formula is C18H20F2N2O5S. The second-order valence-corrected chi connectivity index (χ2v) is 7.38. The third kappa shape index (κ3) is 5.10. The molecule has 0 aromatic heterocycles. The molecule has 0 aliphatic carbocycles. The van der Waals surface area contributed by atoms with Gasteiger partial charge >= 0.3 is 6.61 Å². The van der Waals surface area contributed by atoms with Gasteiger partial charge in [0.15, 0.2) is 11.5 Å². The SMILES string of the molecule is COc1cc(/C=N\NS(=O)(=O)c2cc(C)ccc2C)cc(OC)c1OC(F)F. The molecule has 0 heterocycles. The predicted molar refractivity (Wildman–Crippen MR) is 100 cm³/mol. The second kappa shape index (κ2) is 8.87. The third-order valence-corrected chi connectivity index (χ3v) is 5.07. The lowest BCUT2D eigenvalue weighted by atomic mass is 10.2. The Morgan fingerprint density at radius 3 is 2.21 bits per heavy atom. The first-order valence-electron chi connectivity index (χ1n) is 8.01. The average Bonchev–Trinajstić information content (AvgIpc) is 2.63. The maximum atomic E-state index is 12.6. The van der Waals surface area contributed by atoms with Crippen LogP contribution in [0.15, 0.2) is 40.3 Å². The van der Waals surface area contributed by atoms with Crippen molar-refractivity contribution < 1.29 is 31.4 Å². The van der Waals surface area contributed by atoms with E-state index in [1.165, 1.54) is 38.6 Å². The van der Waals surface area contributed by atoms with Crippen molar-refractivity contribution in [2.45, 2.75) is 25.4 Å². The minimum absolute atomic E-state index is 0.0153. The standard InChI is InChI=1S/C18H20F2N2O5S/c1-11-5-6-12(2)16(7-11)28(23,24)22-21-10-13-8-14(25-3)17(27-18(19)20)15(9-13)26-4/h5-10,18,22H,1-4H3/b21-10-. The number of aryl methyl sites for hydroxylation is 2. The van der Waals surface area contributed by atoms with E-state index in [0.717, 1.165) is 5.56 Å². The zero-order chi connectivity index (χ0) is 20.9. The van der Waals surface area contributed by atoms with Crippen LogP contribution in [0, 0.1) is 13.8 Å². The first kappa shape index (κ1) is 21.4. The van der Waals surface area contributed by atoms with Crippen LogP contribution in [-0.2, 0) is 10.0 Å². The number of hydrazone groups is 1. The van der Waals surface area contributed by atoms with Crippen molar-refractivity contribution in [3.8, 4) is 17.2 Å². The van der Waals surface area contributed by atoms with E-state index in [1.54, 1.807) is 26.0 Å². The predicted octanol–water partition coefficient (Wildman–Crippen LogP) is 3.23. The molecule has 0 saturated carbocycles. The average molecular weight is 414 g/mol. The number of rotatable bonds is 8. The van der Waals surface area contributed by atoms with Crippen molar-refractivity contribution in [2.24, 2.45) is 5.10 Å². The molecule has 0 spiro atoms. The van der Waals surface area contributed by atoms with Crippen LogP contribution in [0.1, 0.15) is 16.7 Å². The number of hydrogen-bond donors (Lipinski definition) is 1. The largest absolute Gasteiger partial charge is 0.493 e. The molecule has 0 aliphatic rings. The maximum Gasteiger partial charge on any atom is 0.387 e. The Labute approximate surface area is 162 Å². The molecule has 0 atom stereocenters. The summed E-state index contributed by atoms with van der Waals surface area (Å²) in [6.07, 6.45) is 1.19. The Morgan fingerprint density at radius 1 is 1.07 bits per heavy atom. The quantitative estimate of drug-likeness (QED) is 0.529. The summed E-state index contributed by atoms with van der Waals surface area (Å²) in [7, 11) is -1.32. The van der Waals surface area contributed by atoms with Crippen LogP contribution >= 0.6 is 0 Å². The van der Waals surface area contributed by atoms with Gasteiger partial charge in [0.25, 0.3) is 10.0 Å². The van der Waals surface area contributed by atoms with E-state index in [1.807, 2.05) is 0 Å². The zero-order valence-corrected chi connectivity index (χ0v) is 16.5. The number of nitrogens with one attached hydrogen (secondary N) is 1. The molecule has 152 valence electrons. The lowest BCUT2D eigenvalue weighted by Gasteiger charge is -2.14. The number of methoxy groups -OCH3 is 2. The number of sulfonamides is 1. The van der Waals surface area contributed by atoms with Crippen molar-refractivity contribution in [2.75, 3.05) is 14.2 Å². The second-order valence-electron chi connectivity index (χ2n) is 5.75. The number of benzene rings is 2. The maximum absolute atomic E-state index is 12.6. The van der Waals surface area contributed by atoms with Crippen LogP contribution in [0.3, 0.4) is 0 Å². The molecule has 0 aliphatic heterocycles. The monoisotopic (exact) mass is 414 g/mol. The fourth-order valence-corrected chi connectivity index (χ4v) is 3.52. The fourth-order valence-electron chi connectivity index (χ4n) is 2.40. The number of hydrogen-bond acceptors (Lipinski definition) is 6. The Hall–Kier alpha value is -2.88. The highest BCUT2D eigenvalue weighted by molar-refractivity contribution is 7.89. The van der Waals surface area contributed by atoms with Crippen LogP contribution in [0.25, 0.3) is 0 Å². The molecule has 0 unspecified atom stereocenters. The highest BCUT2D eigenvalue weighted by Crippen LogP contribution is 2.39. The van der Waals surface area contributed by atoms with Crippen molar-refractivity contribution in [1.29, 1.82) is 0 Å². The van der Waals surface area contributed by atoms with Gasteiger partial charge in [0.1, 0.15) is 0 Å². The lowest BCUT2D eigenvalue weighted by molar-refractivity contribution is -0.0526. The van der Waals surface area contributed by atoms with Crippen LogP contribution in [0.5, 0.6) is 17.2 Å².